The summed E-state index contributed by atoms with van der Waals surface area (Å²) < 4.78 is 6.85. The van der Waals surface area contributed by atoms with Crippen LogP contribution in [0, 0.1) is 11.3 Å². The standard InChI is InChI=1S/C21H22N4O5/c1-3-21(2)19(28)25(20(29)23-21)12-18(27)30-13-17(26)15-11-24(10-6-9-22)16-8-5-4-7-14(15)16/h4-5,7-8,11H,3,6,10,12-13H2,1-2H3,(H,23,29). The Hall–Kier alpha value is -3.67. The Labute approximate surface area is 173 Å². The highest BCUT2D eigenvalue weighted by Gasteiger charge is 2.47. The molecule has 9 nitrogen and oxygen atoms in total. The minimum absolute atomic E-state index is 0.296. The Kier molecular flexibility index (Phi) is 5.87. The van der Waals surface area contributed by atoms with Gasteiger partial charge in [-0.3, -0.25) is 19.3 Å². The molecule has 1 fully saturated rings. The highest BCUT2D eigenvalue weighted by atomic mass is 16.5. The van der Waals surface area contributed by atoms with Crippen LogP contribution in [0.25, 0.3) is 10.9 Å². The zero-order valence-electron chi connectivity index (χ0n) is 16.8. The summed E-state index contributed by atoms with van der Waals surface area (Å²) in [5.41, 5.74) is 0.142. The Morgan fingerprint density at radius 3 is 2.67 bits per heavy atom. The van der Waals surface area contributed by atoms with Gasteiger partial charge in [0.25, 0.3) is 5.91 Å². The van der Waals surface area contributed by atoms with Gasteiger partial charge in [-0.15, -0.1) is 0 Å². The molecule has 3 amide bonds. The van der Waals surface area contributed by atoms with Crippen molar-refractivity contribution in [2.45, 2.75) is 38.8 Å². The van der Waals surface area contributed by atoms with E-state index in [9.17, 15) is 19.2 Å². The first kappa shape index (κ1) is 21.0. The van der Waals surface area contributed by atoms with Crippen LogP contribution in [0.15, 0.2) is 30.5 Å². The largest absolute Gasteiger partial charge is 0.456 e. The van der Waals surface area contributed by atoms with Gasteiger partial charge >= 0.3 is 12.0 Å². The molecule has 0 spiro atoms. The number of Topliss-reactive ketones (excluding diaryl/α,β-unsaturated/α-hetero) is 1. The number of aryl methyl sites for hydroxylation is 1. The molecule has 0 saturated carbocycles. The van der Waals surface area contributed by atoms with Crippen LogP contribution >= 0.6 is 0 Å². The van der Waals surface area contributed by atoms with Crippen LogP contribution in [-0.2, 0) is 20.9 Å². The summed E-state index contributed by atoms with van der Waals surface area (Å²) in [6, 6.07) is 8.67. The van der Waals surface area contributed by atoms with Crippen LogP contribution < -0.4 is 5.32 Å². The third-order valence-corrected chi connectivity index (χ3v) is 5.26. The lowest BCUT2D eigenvalue weighted by molar-refractivity contribution is -0.146. The number of urea groups is 1. The van der Waals surface area contributed by atoms with Gasteiger partial charge in [0.05, 0.1) is 12.5 Å². The molecule has 1 atom stereocenters. The quantitative estimate of drug-likeness (QED) is 0.404. The van der Waals surface area contributed by atoms with Crippen LogP contribution in [0.2, 0.25) is 0 Å². The van der Waals surface area contributed by atoms with E-state index in [0.29, 0.717) is 30.3 Å². The highest BCUT2D eigenvalue weighted by Crippen LogP contribution is 2.23. The van der Waals surface area contributed by atoms with Crippen LogP contribution in [-0.4, -0.2) is 51.8 Å². The molecule has 0 aliphatic carbocycles. The highest BCUT2D eigenvalue weighted by molar-refractivity contribution is 6.10. The molecule has 1 N–H and O–H groups in total. The lowest BCUT2D eigenvalue weighted by atomic mass is 9.99. The van der Waals surface area contributed by atoms with Crippen LogP contribution in [0.4, 0.5) is 4.79 Å². The Bertz CT molecular complexity index is 1070. The van der Waals surface area contributed by atoms with Crippen molar-refractivity contribution >= 4 is 34.6 Å². The number of hydrogen-bond acceptors (Lipinski definition) is 6. The number of nitrogens with one attached hydrogen (secondary N) is 1. The molecule has 2 heterocycles. The van der Waals surface area contributed by atoms with Crippen LogP contribution in [0.1, 0.15) is 37.0 Å². The number of fused-ring (bicyclic) bond motifs is 1. The third-order valence-electron chi connectivity index (χ3n) is 5.26. The number of amides is 3. The summed E-state index contributed by atoms with van der Waals surface area (Å²) in [7, 11) is 0. The van der Waals surface area contributed by atoms with Crippen molar-refractivity contribution in [3.8, 4) is 6.07 Å². The van der Waals surface area contributed by atoms with Crippen molar-refractivity contribution in [3.63, 3.8) is 0 Å². The first-order valence-corrected chi connectivity index (χ1v) is 9.58. The van der Waals surface area contributed by atoms with Crippen molar-refractivity contribution < 1.29 is 23.9 Å². The van der Waals surface area contributed by atoms with Crippen molar-refractivity contribution in [1.29, 1.82) is 5.26 Å². The number of rotatable bonds is 8. The monoisotopic (exact) mass is 410 g/mol. The molecule has 1 aliphatic heterocycles. The number of ketones is 1. The summed E-state index contributed by atoms with van der Waals surface area (Å²) in [4.78, 5) is 49.9. The summed E-state index contributed by atoms with van der Waals surface area (Å²) in [5, 5.41) is 12.1. The molecular formula is C21H22N4O5. The number of hydrogen-bond donors (Lipinski definition) is 1. The number of ether oxygens (including phenoxy) is 1. The second-order valence-electron chi connectivity index (χ2n) is 7.25. The number of para-hydroxylation sites is 1. The second kappa shape index (κ2) is 8.37. The molecule has 156 valence electrons. The van der Waals surface area contributed by atoms with Crippen molar-refractivity contribution in [2.24, 2.45) is 0 Å². The number of imide groups is 1. The first-order valence-electron chi connectivity index (χ1n) is 9.58. The molecule has 1 aliphatic rings. The average molecular weight is 410 g/mol. The van der Waals surface area contributed by atoms with Gasteiger partial charge in [0, 0.05) is 29.2 Å². The van der Waals surface area contributed by atoms with Gasteiger partial charge in [-0.1, -0.05) is 25.1 Å². The topological polar surface area (TPSA) is 122 Å². The zero-order valence-corrected chi connectivity index (χ0v) is 16.8. The molecule has 1 unspecified atom stereocenters. The van der Waals surface area contributed by atoms with Gasteiger partial charge < -0.3 is 14.6 Å². The Morgan fingerprint density at radius 2 is 2.00 bits per heavy atom. The fourth-order valence-electron chi connectivity index (χ4n) is 3.35. The van der Waals surface area contributed by atoms with E-state index in [2.05, 4.69) is 11.4 Å². The van der Waals surface area contributed by atoms with Gasteiger partial charge in [-0.2, -0.15) is 5.26 Å². The normalized spacial score (nSPS) is 18.4. The zero-order chi connectivity index (χ0) is 21.9. The summed E-state index contributed by atoms with van der Waals surface area (Å²) in [6.45, 7) is 2.71. The summed E-state index contributed by atoms with van der Waals surface area (Å²) in [5.74, 6) is -1.76. The van der Waals surface area contributed by atoms with E-state index in [1.165, 1.54) is 0 Å². The van der Waals surface area contributed by atoms with Gasteiger partial charge in [0.2, 0.25) is 5.78 Å². The maximum absolute atomic E-state index is 12.7. The third kappa shape index (κ3) is 3.89. The lowest BCUT2D eigenvalue weighted by Crippen LogP contribution is -2.43. The van der Waals surface area contributed by atoms with Crippen LogP contribution in [0.3, 0.4) is 0 Å². The number of nitrogens with zero attached hydrogens (tertiary/aromatic N) is 3. The number of nitriles is 1. The molecule has 1 aromatic carbocycles. The minimum atomic E-state index is -1.04. The number of aromatic nitrogens is 1. The van der Waals surface area contributed by atoms with Crippen molar-refractivity contribution in [1.82, 2.24) is 14.8 Å². The fourth-order valence-corrected chi connectivity index (χ4v) is 3.35. The lowest BCUT2D eigenvalue weighted by Gasteiger charge is -2.18. The predicted molar refractivity (Wildman–Crippen MR) is 106 cm³/mol. The van der Waals surface area contributed by atoms with E-state index in [4.69, 9.17) is 10.00 Å². The molecule has 9 heteroatoms. The number of benzene rings is 1. The van der Waals surface area contributed by atoms with Crippen LogP contribution in [0.5, 0.6) is 0 Å². The number of carbonyl (C=O) groups excluding carboxylic acids is 4. The van der Waals surface area contributed by atoms with Gasteiger partial charge in [-0.05, 0) is 19.4 Å². The van der Waals surface area contributed by atoms with E-state index in [0.717, 1.165) is 10.4 Å². The van der Waals surface area contributed by atoms with E-state index in [-0.39, 0.29) is 0 Å². The molecule has 0 bridgehead atoms. The molecule has 3 rings (SSSR count). The van der Waals surface area contributed by atoms with Gasteiger partial charge in [0.15, 0.2) is 6.61 Å². The van der Waals surface area contributed by atoms with E-state index >= 15 is 0 Å². The fraction of sp³-hybridized carbons (Fsp3) is 0.381. The second-order valence-corrected chi connectivity index (χ2v) is 7.25. The van der Waals surface area contributed by atoms with E-state index in [1.807, 2.05) is 16.7 Å². The smallest absolute Gasteiger partial charge is 0.326 e. The minimum Gasteiger partial charge on any atom is -0.456 e. The predicted octanol–water partition coefficient (Wildman–Crippen LogP) is 2.00. The number of esters is 1. The summed E-state index contributed by atoms with van der Waals surface area (Å²) >= 11 is 0. The maximum Gasteiger partial charge on any atom is 0.326 e. The molecule has 1 aromatic heterocycles. The van der Waals surface area contributed by atoms with E-state index < -0.39 is 42.4 Å². The van der Waals surface area contributed by atoms with Crippen molar-refractivity contribution in [3.05, 3.63) is 36.0 Å². The molecular weight excluding hydrogens is 388 g/mol. The molecule has 1 saturated heterocycles. The maximum atomic E-state index is 12.7. The number of carbonyl (C=O) groups is 4. The Balaban J connectivity index is 1.66. The van der Waals surface area contributed by atoms with E-state index in [1.54, 1.807) is 32.2 Å². The molecule has 0 radical (unpaired) electrons. The molecule has 30 heavy (non-hydrogen) atoms. The summed E-state index contributed by atoms with van der Waals surface area (Å²) in [6.07, 6.45) is 2.32. The molecule has 2 aromatic rings. The average Bonchev–Trinajstić information content (AvgIpc) is 3.21. The first-order chi connectivity index (χ1) is 14.3. The Morgan fingerprint density at radius 1 is 1.27 bits per heavy atom. The van der Waals surface area contributed by atoms with Gasteiger partial charge in [0.1, 0.15) is 12.1 Å². The van der Waals surface area contributed by atoms with Gasteiger partial charge in [-0.25, -0.2) is 4.79 Å². The van der Waals surface area contributed by atoms with Crippen molar-refractivity contribution in [2.75, 3.05) is 13.2 Å². The SMILES string of the molecule is CCC1(C)NC(=O)N(CC(=O)OCC(=O)c2cn(CCC#N)c3ccccc23)C1=O.